The van der Waals surface area contributed by atoms with Gasteiger partial charge in [0.05, 0.1) is 15.9 Å². The lowest BCUT2D eigenvalue weighted by molar-refractivity contribution is 0.0960. The second kappa shape index (κ2) is 6.32. The first kappa shape index (κ1) is 14.8. The Morgan fingerprint density at radius 2 is 2.05 bits per heavy atom. The van der Waals surface area contributed by atoms with Crippen LogP contribution in [0, 0.1) is 0 Å². The molecule has 0 saturated heterocycles. The molecule has 1 N–H and O–H groups in total. The summed E-state index contributed by atoms with van der Waals surface area (Å²) >= 11 is 1.50. The number of para-hydroxylation sites is 2. The van der Waals surface area contributed by atoms with E-state index in [0.29, 0.717) is 6.54 Å². The molecule has 0 aliphatic heterocycles. The molecule has 0 saturated carbocycles. The van der Waals surface area contributed by atoms with E-state index in [1.807, 2.05) is 37.3 Å². The molecule has 0 aliphatic rings. The van der Waals surface area contributed by atoms with Gasteiger partial charge in [-0.05, 0) is 37.6 Å². The quantitative estimate of drug-likeness (QED) is 0.779. The molecule has 5 heteroatoms. The number of thiophene rings is 1. The average molecular weight is 313 g/mol. The molecule has 3 aromatic rings. The zero-order chi connectivity index (χ0) is 15.5. The SMILES string of the molecule is CCCc1nc2ccccc2n1-c1ccc(C(=O)NCC)s1. The zero-order valence-electron chi connectivity index (χ0n) is 12.8. The zero-order valence-corrected chi connectivity index (χ0v) is 13.6. The van der Waals surface area contributed by atoms with Crippen molar-refractivity contribution in [1.82, 2.24) is 14.9 Å². The number of aromatic nitrogens is 2. The normalized spacial score (nSPS) is 11.0. The van der Waals surface area contributed by atoms with Gasteiger partial charge in [-0.25, -0.2) is 4.98 Å². The maximum Gasteiger partial charge on any atom is 0.261 e. The number of imidazole rings is 1. The summed E-state index contributed by atoms with van der Waals surface area (Å²) in [6.07, 6.45) is 1.96. The van der Waals surface area contributed by atoms with Crippen LogP contribution in [0.15, 0.2) is 36.4 Å². The van der Waals surface area contributed by atoms with E-state index < -0.39 is 0 Å². The predicted octanol–water partition coefficient (Wildman–Crippen LogP) is 3.79. The highest BCUT2D eigenvalue weighted by Gasteiger charge is 2.15. The Kier molecular flexibility index (Phi) is 4.24. The maximum atomic E-state index is 12.0. The van der Waals surface area contributed by atoms with Crippen molar-refractivity contribution in [3.63, 3.8) is 0 Å². The van der Waals surface area contributed by atoms with Gasteiger partial charge in [0, 0.05) is 13.0 Å². The molecule has 0 fully saturated rings. The average Bonchev–Trinajstić information content (AvgIpc) is 3.11. The van der Waals surface area contributed by atoms with Crippen LogP contribution in [0.4, 0.5) is 0 Å². The molecule has 1 aromatic carbocycles. The molecule has 2 heterocycles. The third-order valence-electron chi connectivity index (χ3n) is 3.48. The van der Waals surface area contributed by atoms with Gasteiger partial charge < -0.3 is 5.32 Å². The first-order valence-corrected chi connectivity index (χ1v) is 8.41. The van der Waals surface area contributed by atoms with E-state index in [9.17, 15) is 4.79 Å². The summed E-state index contributed by atoms with van der Waals surface area (Å²) in [6, 6.07) is 12.0. The third kappa shape index (κ3) is 2.64. The summed E-state index contributed by atoms with van der Waals surface area (Å²) in [6.45, 7) is 4.72. The fraction of sp³-hybridized carbons (Fsp3) is 0.294. The Labute approximate surface area is 133 Å². The van der Waals surface area contributed by atoms with Gasteiger partial charge in [0.1, 0.15) is 10.8 Å². The summed E-state index contributed by atoms with van der Waals surface area (Å²) in [5, 5.41) is 3.88. The molecule has 0 aliphatic carbocycles. The topological polar surface area (TPSA) is 46.9 Å². The number of aryl methyl sites for hydroxylation is 1. The van der Waals surface area contributed by atoms with Crippen molar-refractivity contribution in [2.75, 3.05) is 6.54 Å². The van der Waals surface area contributed by atoms with Crippen LogP contribution in [0.1, 0.15) is 35.8 Å². The smallest absolute Gasteiger partial charge is 0.261 e. The molecular weight excluding hydrogens is 294 g/mol. The lowest BCUT2D eigenvalue weighted by Gasteiger charge is -2.05. The van der Waals surface area contributed by atoms with Crippen LogP contribution in [0.5, 0.6) is 0 Å². The molecule has 114 valence electrons. The van der Waals surface area contributed by atoms with Crippen molar-refractivity contribution in [3.8, 4) is 5.00 Å². The van der Waals surface area contributed by atoms with Crippen molar-refractivity contribution in [2.24, 2.45) is 0 Å². The van der Waals surface area contributed by atoms with Crippen LogP contribution < -0.4 is 5.32 Å². The Morgan fingerprint density at radius 3 is 2.82 bits per heavy atom. The van der Waals surface area contributed by atoms with Gasteiger partial charge in [0.2, 0.25) is 0 Å². The minimum absolute atomic E-state index is 0.0137. The number of carbonyl (C=O) groups is 1. The molecule has 0 radical (unpaired) electrons. The summed E-state index contributed by atoms with van der Waals surface area (Å²) in [7, 11) is 0. The van der Waals surface area contributed by atoms with E-state index >= 15 is 0 Å². The molecular formula is C17H19N3OS. The summed E-state index contributed by atoms with van der Waals surface area (Å²) in [5.74, 6) is 1.04. The van der Waals surface area contributed by atoms with Crippen LogP contribution in [-0.4, -0.2) is 22.0 Å². The van der Waals surface area contributed by atoms with Crippen molar-refractivity contribution in [2.45, 2.75) is 26.7 Å². The third-order valence-corrected chi connectivity index (χ3v) is 4.55. The first-order chi connectivity index (χ1) is 10.7. The van der Waals surface area contributed by atoms with E-state index in [2.05, 4.69) is 22.9 Å². The van der Waals surface area contributed by atoms with Gasteiger partial charge in [-0.15, -0.1) is 11.3 Å². The maximum absolute atomic E-state index is 12.0. The Morgan fingerprint density at radius 1 is 1.23 bits per heavy atom. The lowest BCUT2D eigenvalue weighted by atomic mass is 10.3. The minimum Gasteiger partial charge on any atom is -0.352 e. The Balaban J connectivity index is 2.09. The molecule has 2 aromatic heterocycles. The fourth-order valence-electron chi connectivity index (χ4n) is 2.53. The molecule has 0 spiro atoms. The highest BCUT2D eigenvalue weighted by molar-refractivity contribution is 7.16. The summed E-state index contributed by atoms with van der Waals surface area (Å²) in [4.78, 5) is 17.4. The molecule has 0 bridgehead atoms. The van der Waals surface area contributed by atoms with E-state index in [1.54, 1.807) is 0 Å². The van der Waals surface area contributed by atoms with E-state index in [4.69, 9.17) is 4.98 Å². The number of benzene rings is 1. The second-order valence-corrected chi connectivity index (χ2v) is 6.16. The van der Waals surface area contributed by atoms with Crippen LogP contribution in [0.3, 0.4) is 0 Å². The van der Waals surface area contributed by atoms with Crippen molar-refractivity contribution >= 4 is 28.3 Å². The van der Waals surface area contributed by atoms with Crippen LogP contribution in [0.25, 0.3) is 16.0 Å². The molecule has 3 rings (SSSR count). The largest absolute Gasteiger partial charge is 0.352 e. The molecule has 0 unspecified atom stereocenters. The monoisotopic (exact) mass is 313 g/mol. The minimum atomic E-state index is -0.0137. The standard InChI is InChI=1S/C17H19N3OS/c1-3-7-15-19-12-8-5-6-9-13(12)20(15)16-11-10-14(22-16)17(21)18-4-2/h5-6,8-11H,3-4,7H2,1-2H3,(H,18,21). The fourth-order valence-corrected chi connectivity index (χ4v) is 3.49. The highest BCUT2D eigenvalue weighted by atomic mass is 32.1. The molecule has 0 atom stereocenters. The van der Waals surface area contributed by atoms with Gasteiger partial charge in [-0.2, -0.15) is 0 Å². The number of hydrogen-bond donors (Lipinski definition) is 1. The van der Waals surface area contributed by atoms with Crippen molar-refractivity contribution in [3.05, 3.63) is 47.1 Å². The van der Waals surface area contributed by atoms with E-state index in [1.165, 1.54) is 11.3 Å². The van der Waals surface area contributed by atoms with E-state index in [-0.39, 0.29) is 5.91 Å². The number of fused-ring (bicyclic) bond motifs is 1. The van der Waals surface area contributed by atoms with Gasteiger partial charge in [0.25, 0.3) is 5.91 Å². The van der Waals surface area contributed by atoms with Crippen molar-refractivity contribution < 1.29 is 4.79 Å². The van der Waals surface area contributed by atoms with Crippen LogP contribution in [-0.2, 0) is 6.42 Å². The number of rotatable bonds is 5. The Hall–Kier alpha value is -2.14. The number of carbonyl (C=O) groups excluding carboxylic acids is 1. The molecule has 22 heavy (non-hydrogen) atoms. The summed E-state index contributed by atoms with van der Waals surface area (Å²) < 4.78 is 2.17. The number of hydrogen-bond acceptors (Lipinski definition) is 3. The van der Waals surface area contributed by atoms with Gasteiger partial charge in [-0.3, -0.25) is 9.36 Å². The van der Waals surface area contributed by atoms with Crippen LogP contribution in [0.2, 0.25) is 0 Å². The molecule has 1 amide bonds. The number of amides is 1. The molecule has 4 nitrogen and oxygen atoms in total. The van der Waals surface area contributed by atoms with Crippen molar-refractivity contribution in [1.29, 1.82) is 0 Å². The number of nitrogens with one attached hydrogen (secondary N) is 1. The second-order valence-electron chi connectivity index (χ2n) is 5.10. The first-order valence-electron chi connectivity index (χ1n) is 7.59. The van der Waals surface area contributed by atoms with Crippen LogP contribution >= 0.6 is 11.3 Å². The van der Waals surface area contributed by atoms with Gasteiger partial charge in [0.15, 0.2) is 0 Å². The predicted molar refractivity (Wildman–Crippen MR) is 90.9 cm³/mol. The highest BCUT2D eigenvalue weighted by Crippen LogP contribution is 2.27. The summed E-state index contributed by atoms with van der Waals surface area (Å²) in [5.41, 5.74) is 2.09. The van der Waals surface area contributed by atoms with E-state index in [0.717, 1.165) is 39.6 Å². The Bertz CT molecular complexity index is 803. The number of nitrogens with zero attached hydrogens (tertiary/aromatic N) is 2. The van der Waals surface area contributed by atoms with Gasteiger partial charge >= 0.3 is 0 Å². The lowest BCUT2D eigenvalue weighted by Crippen LogP contribution is -2.21. The van der Waals surface area contributed by atoms with Gasteiger partial charge in [-0.1, -0.05) is 19.1 Å².